The van der Waals surface area contributed by atoms with Gasteiger partial charge in [-0.25, -0.2) is 0 Å². The molecule has 17 heavy (non-hydrogen) atoms. The Balaban J connectivity index is 2.00. The minimum atomic E-state index is 0.565. The Hall–Kier alpha value is -0.260. The largest absolute Gasteiger partial charge is 0.0730 e. The van der Waals surface area contributed by atoms with Crippen LogP contribution in [0.3, 0.4) is 0 Å². The number of allylic oxidation sites excluding steroid dienone is 2. The molecule has 2 aliphatic rings. The van der Waals surface area contributed by atoms with Crippen molar-refractivity contribution in [3.63, 3.8) is 0 Å². The van der Waals surface area contributed by atoms with Crippen LogP contribution in [-0.2, 0) is 0 Å². The second kappa shape index (κ2) is 4.44. The maximum absolute atomic E-state index is 2.54. The predicted octanol–water partition coefficient (Wildman–Crippen LogP) is 5.73. The van der Waals surface area contributed by atoms with Gasteiger partial charge in [0.2, 0.25) is 0 Å². The molecule has 98 valence electrons. The Bertz CT molecular complexity index is 325. The van der Waals surface area contributed by atoms with E-state index < -0.39 is 0 Å². The third-order valence-electron chi connectivity index (χ3n) is 5.83. The summed E-state index contributed by atoms with van der Waals surface area (Å²) in [5.41, 5.74) is 4.72. The molecule has 0 heterocycles. The molecule has 0 amide bonds. The zero-order valence-corrected chi connectivity index (χ0v) is 12.5. The van der Waals surface area contributed by atoms with Gasteiger partial charge in [-0.1, -0.05) is 51.7 Å². The molecule has 0 radical (unpaired) electrons. The van der Waals surface area contributed by atoms with Crippen molar-refractivity contribution in [2.75, 3.05) is 0 Å². The van der Waals surface area contributed by atoms with Crippen LogP contribution in [0.1, 0.15) is 79.6 Å². The van der Waals surface area contributed by atoms with Crippen molar-refractivity contribution in [3.05, 3.63) is 11.1 Å². The van der Waals surface area contributed by atoms with Crippen molar-refractivity contribution in [3.8, 4) is 0 Å². The van der Waals surface area contributed by atoms with E-state index in [1.807, 2.05) is 5.57 Å². The fraction of sp³-hybridized carbons (Fsp3) is 0.882. The molecular formula is C17H30. The first-order valence-electron chi connectivity index (χ1n) is 7.66. The van der Waals surface area contributed by atoms with Gasteiger partial charge in [-0.2, -0.15) is 0 Å². The van der Waals surface area contributed by atoms with Gasteiger partial charge in [-0.3, -0.25) is 0 Å². The molecule has 0 nitrogen and oxygen atoms in total. The van der Waals surface area contributed by atoms with E-state index in [4.69, 9.17) is 0 Å². The normalized spacial score (nSPS) is 37.9. The molecule has 0 aromatic rings. The van der Waals surface area contributed by atoms with E-state index in [2.05, 4.69) is 34.6 Å². The molecular weight excluding hydrogens is 204 g/mol. The zero-order chi connectivity index (χ0) is 12.7. The van der Waals surface area contributed by atoms with Gasteiger partial charge in [-0.05, 0) is 55.8 Å². The first-order chi connectivity index (χ1) is 7.95. The second-order valence-electron chi connectivity index (χ2n) is 7.11. The SMILES string of the molecule is CCCC(C)CCC1(C)C2=C(C)CCCC21C. The molecule has 0 aromatic carbocycles. The summed E-state index contributed by atoms with van der Waals surface area (Å²) in [6, 6.07) is 0. The molecule has 0 N–H and O–H groups in total. The van der Waals surface area contributed by atoms with E-state index in [0.29, 0.717) is 10.8 Å². The quantitative estimate of drug-likeness (QED) is 0.533. The lowest BCUT2D eigenvalue weighted by Gasteiger charge is -2.19. The monoisotopic (exact) mass is 234 g/mol. The van der Waals surface area contributed by atoms with Crippen LogP contribution >= 0.6 is 0 Å². The molecule has 1 fully saturated rings. The summed E-state index contributed by atoms with van der Waals surface area (Å²) < 4.78 is 0. The minimum Gasteiger partial charge on any atom is -0.0730 e. The predicted molar refractivity (Wildman–Crippen MR) is 76.1 cm³/mol. The Morgan fingerprint density at radius 3 is 2.53 bits per heavy atom. The van der Waals surface area contributed by atoms with Crippen LogP contribution < -0.4 is 0 Å². The van der Waals surface area contributed by atoms with Gasteiger partial charge in [0.25, 0.3) is 0 Å². The maximum Gasteiger partial charge on any atom is -0.00167 e. The molecule has 3 unspecified atom stereocenters. The van der Waals surface area contributed by atoms with Crippen molar-refractivity contribution >= 4 is 0 Å². The van der Waals surface area contributed by atoms with E-state index in [1.54, 1.807) is 5.57 Å². The summed E-state index contributed by atoms with van der Waals surface area (Å²) in [5, 5.41) is 0. The molecule has 3 atom stereocenters. The van der Waals surface area contributed by atoms with Crippen molar-refractivity contribution in [2.45, 2.75) is 79.6 Å². The lowest BCUT2D eigenvalue weighted by atomic mass is 9.85. The van der Waals surface area contributed by atoms with Gasteiger partial charge in [-0.15, -0.1) is 0 Å². The van der Waals surface area contributed by atoms with E-state index >= 15 is 0 Å². The van der Waals surface area contributed by atoms with Crippen molar-refractivity contribution < 1.29 is 0 Å². The highest BCUT2D eigenvalue weighted by atomic mass is 14.7. The average Bonchev–Trinajstić information content (AvgIpc) is 2.76. The van der Waals surface area contributed by atoms with Gasteiger partial charge >= 0.3 is 0 Å². The maximum atomic E-state index is 2.54. The lowest BCUT2D eigenvalue weighted by molar-refractivity contribution is 0.307. The molecule has 0 saturated heterocycles. The number of hydrogen-bond acceptors (Lipinski definition) is 0. The lowest BCUT2D eigenvalue weighted by Crippen LogP contribution is -2.09. The highest BCUT2D eigenvalue weighted by molar-refractivity contribution is 5.48. The van der Waals surface area contributed by atoms with Crippen LogP contribution in [0.5, 0.6) is 0 Å². The Morgan fingerprint density at radius 1 is 1.24 bits per heavy atom. The Labute approximate surface area is 108 Å². The zero-order valence-electron chi connectivity index (χ0n) is 12.5. The highest BCUT2D eigenvalue weighted by Gasteiger charge is 2.66. The fourth-order valence-electron chi connectivity index (χ4n) is 4.57. The third kappa shape index (κ3) is 1.98. The van der Waals surface area contributed by atoms with Crippen LogP contribution in [0.2, 0.25) is 0 Å². The second-order valence-corrected chi connectivity index (χ2v) is 7.11. The van der Waals surface area contributed by atoms with Crippen LogP contribution in [0.15, 0.2) is 11.1 Å². The van der Waals surface area contributed by atoms with Crippen LogP contribution in [0.4, 0.5) is 0 Å². The van der Waals surface area contributed by atoms with Crippen LogP contribution in [-0.4, -0.2) is 0 Å². The van der Waals surface area contributed by atoms with E-state index in [1.165, 1.54) is 44.9 Å². The van der Waals surface area contributed by atoms with Gasteiger partial charge in [0.05, 0.1) is 0 Å². The summed E-state index contributed by atoms with van der Waals surface area (Å²) >= 11 is 0. The summed E-state index contributed by atoms with van der Waals surface area (Å²) in [7, 11) is 0. The minimum absolute atomic E-state index is 0.565. The number of hydrogen-bond donors (Lipinski definition) is 0. The van der Waals surface area contributed by atoms with Crippen molar-refractivity contribution in [1.82, 2.24) is 0 Å². The molecule has 0 aromatic heterocycles. The first-order valence-corrected chi connectivity index (χ1v) is 7.66. The molecule has 0 aliphatic heterocycles. The van der Waals surface area contributed by atoms with E-state index in [9.17, 15) is 0 Å². The van der Waals surface area contributed by atoms with Gasteiger partial charge < -0.3 is 0 Å². The van der Waals surface area contributed by atoms with Gasteiger partial charge in [0, 0.05) is 0 Å². The Morgan fingerprint density at radius 2 is 1.94 bits per heavy atom. The summed E-state index contributed by atoms with van der Waals surface area (Å²) in [5.74, 6) is 0.920. The van der Waals surface area contributed by atoms with Crippen molar-refractivity contribution in [1.29, 1.82) is 0 Å². The molecule has 0 bridgehead atoms. The smallest absolute Gasteiger partial charge is 0.00167 e. The highest BCUT2D eigenvalue weighted by Crippen LogP contribution is 2.75. The first kappa shape index (κ1) is 13.2. The summed E-state index contributed by atoms with van der Waals surface area (Å²) in [6.45, 7) is 12.2. The Kier molecular flexibility index (Phi) is 3.45. The number of rotatable bonds is 5. The molecule has 0 heteroatoms. The average molecular weight is 234 g/mol. The summed E-state index contributed by atoms with van der Waals surface area (Å²) in [4.78, 5) is 0. The van der Waals surface area contributed by atoms with E-state index in [0.717, 1.165) is 5.92 Å². The molecule has 2 aliphatic carbocycles. The number of fused-ring (bicyclic) bond motifs is 1. The standard InChI is InChI=1S/C17H30/c1-6-8-13(2)10-12-17(5)15-14(3)9-7-11-16(15,17)4/h13H,6-12H2,1-5H3. The molecule has 0 spiro atoms. The third-order valence-corrected chi connectivity index (χ3v) is 5.83. The van der Waals surface area contributed by atoms with Gasteiger partial charge in [0.15, 0.2) is 0 Å². The topological polar surface area (TPSA) is 0 Å². The molecule has 1 saturated carbocycles. The van der Waals surface area contributed by atoms with E-state index in [-0.39, 0.29) is 0 Å². The van der Waals surface area contributed by atoms with Crippen LogP contribution in [0, 0.1) is 16.7 Å². The molecule has 2 rings (SSSR count). The van der Waals surface area contributed by atoms with Gasteiger partial charge in [0.1, 0.15) is 0 Å². The van der Waals surface area contributed by atoms with Crippen molar-refractivity contribution in [2.24, 2.45) is 16.7 Å². The fourth-order valence-corrected chi connectivity index (χ4v) is 4.57. The summed E-state index contributed by atoms with van der Waals surface area (Å²) in [6.07, 6.45) is 9.84. The van der Waals surface area contributed by atoms with Crippen LogP contribution in [0.25, 0.3) is 0 Å².